The van der Waals surface area contributed by atoms with E-state index in [0.29, 0.717) is 17.3 Å². The van der Waals surface area contributed by atoms with Crippen molar-refractivity contribution in [2.24, 2.45) is 0 Å². The van der Waals surface area contributed by atoms with Crippen molar-refractivity contribution in [2.75, 3.05) is 18.5 Å². The molecule has 1 saturated heterocycles. The van der Waals surface area contributed by atoms with E-state index in [-0.39, 0.29) is 16.8 Å². The minimum absolute atomic E-state index is 0.0961. The molecule has 1 aliphatic rings. The number of hydrogen-bond acceptors (Lipinski definition) is 4. The topological polar surface area (TPSA) is 76.4 Å². The fourth-order valence-electron chi connectivity index (χ4n) is 1.92. The second-order valence-corrected chi connectivity index (χ2v) is 5.21. The van der Waals surface area contributed by atoms with Crippen molar-refractivity contribution in [3.05, 3.63) is 33.3 Å². The maximum Gasteiger partial charge on any atom is 0.289 e. The molecule has 8 heteroatoms. The van der Waals surface area contributed by atoms with Crippen LogP contribution in [0, 0.1) is 10.1 Å². The van der Waals surface area contributed by atoms with Gasteiger partial charge in [-0.15, -0.1) is 0 Å². The fourth-order valence-corrected chi connectivity index (χ4v) is 2.31. The third-order valence-corrected chi connectivity index (χ3v) is 3.48. The highest BCUT2D eigenvalue weighted by atomic mass is 35.5. The van der Waals surface area contributed by atoms with Crippen LogP contribution in [0.3, 0.4) is 0 Å². The van der Waals surface area contributed by atoms with E-state index in [0.717, 1.165) is 19.4 Å². The highest BCUT2D eigenvalue weighted by Crippen LogP contribution is 2.27. The Morgan fingerprint density at radius 3 is 3.05 bits per heavy atom. The second kappa shape index (κ2) is 6.83. The number of rotatable bonds is 4. The third-order valence-electron chi connectivity index (χ3n) is 2.91. The molecule has 0 bridgehead atoms. The van der Waals surface area contributed by atoms with E-state index in [1.807, 2.05) is 0 Å². The zero-order valence-electron chi connectivity index (χ0n) is 10.6. The summed E-state index contributed by atoms with van der Waals surface area (Å²) in [4.78, 5) is 10.3. The van der Waals surface area contributed by atoms with E-state index in [4.69, 9.17) is 28.6 Å². The quantitative estimate of drug-likeness (QED) is 0.505. The predicted molar refractivity (Wildman–Crippen MR) is 81.3 cm³/mol. The lowest BCUT2D eigenvalue weighted by Crippen LogP contribution is -2.34. The zero-order valence-corrected chi connectivity index (χ0v) is 12.2. The van der Waals surface area contributed by atoms with Crippen LogP contribution < -0.4 is 10.6 Å². The summed E-state index contributed by atoms with van der Waals surface area (Å²) in [6, 6.07) is 4.45. The molecule has 0 spiro atoms. The smallest absolute Gasteiger partial charge is 0.289 e. The number of thiocarbonyl (C=S) groups is 1. The zero-order chi connectivity index (χ0) is 14.5. The molecular formula is C12H14ClN3O3S. The number of anilines is 1. The van der Waals surface area contributed by atoms with Crippen molar-refractivity contribution >= 4 is 40.3 Å². The largest absolute Gasteiger partial charge is 0.376 e. The molecule has 2 N–H and O–H groups in total. The maximum atomic E-state index is 10.8. The molecule has 1 aromatic carbocycles. The summed E-state index contributed by atoms with van der Waals surface area (Å²) in [5, 5.41) is 17.2. The van der Waals surface area contributed by atoms with Gasteiger partial charge in [-0.3, -0.25) is 10.1 Å². The first-order chi connectivity index (χ1) is 9.56. The molecule has 1 aliphatic heterocycles. The number of hydrogen-bond donors (Lipinski definition) is 2. The van der Waals surface area contributed by atoms with E-state index < -0.39 is 4.92 Å². The normalized spacial score (nSPS) is 17.8. The minimum Gasteiger partial charge on any atom is -0.376 e. The molecule has 108 valence electrons. The number of nitrogens with zero attached hydrogens (tertiary/aromatic N) is 1. The van der Waals surface area contributed by atoms with Crippen LogP contribution in [0.4, 0.5) is 11.4 Å². The molecular weight excluding hydrogens is 302 g/mol. The van der Waals surface area contributed by atoms with Gasteiger partial charge in [0.1, 0.15) is 5.02 Å². The Morgan fingerprint density at radius 1 is 1.60 bits per heavy atom. The first-order valence-corrected chi connectivity index (χ1v) is 6.95. The molecule has 0 saturated carbocycles. The summed E-state index contributed by atoms with van der Waals surface area (Å²) < 4.78 is 5.46. The first kappa shape index (κ1) is 15.0. The van der Waals surface area contributed by atoms with Gasteiger partial charge >= 0.3 is 0 Å². The molecule has 20 heavy (non-hydrogen) atoms. The first-order valence-electron chi connectivity index (χ1n) is 6.16. The number of halogens is 1. The van der Waals surface area contributed by atoms with Gasteiger partial charge in [-0.1, -0.05) is 11.6 Å². The van der Waals surface area contributed by atoms with Gasteiger partial charge < -0.3 is 15.4 Å². The molecule has 2 rings (SSSR count). The molecule has 0 amide bonds. The van der Waals surface area contributed by atoms with Gasteiger partial charge in [0.15, 0.2) is 5.11 Å². The molecule has 0 radical (unpaired) electrons. The molecule has 1 aromatic rings. The Morgan fingerprint density at radius 2 is 2.40 bits per heavy atom. The van der Waals surface area contributed by atoms with Crippen molar-refractivity contribution in [3.8, 4) is 0 Å². The van der Waals surface area contributed by atoms with Gasteiger partial charge in [0.25, 0.3) is 5.69 Å². The second-order valence-electron chi connectivity index (χ2n) is 4.39. The van der Waals surface area contributed by atoms with E-state index in [2.05, 4.69) is 10.6 Å². The van der Waals surface area contributed by atoms with E-state index in [1.165, 1.54) is 12.1 Å². The van der Waals surface area contributed by atoms with Crippen molar-refractivity contribution in [3.63, 3.8) is 0 Å². The Balaban J connectivity index is 1.90. The van der Waals surface area contributed by atoms with Crippen molar-refractivity contribution in [2.45, 2.75) is 18.9 Å². The standard InChI is InChI=1S/C12H14ClN3O3S/c13-10-4-3-8(6-11(10)16(17)18)15-12(20)14-7-9-2-1-5-19-9/h3-4,6,9H,1-2,5,7H2,(H2,14,15,20). The molecule has 0 aromatic heterocycles. The summed E-state index contributed by atoms with van der Waals surface area (Å²) in [5.41, 5.74) is 0.365. The minimum atomic E-state index is -0.531. The van der Waals surface area contributed by atoms with E-state index >= 15 is 0 Å². The van der Waals surface area contributed by atoms with Gasteiger partial charge in [0, 0.05) is 24.9 Å². The van der Waals surface area contributed by atoms with Crippen LogP contribution >= 0.6 is 23.8 Å². The SMILES string of the molecule is O=[N+]([O-])c1cc(NC(=S)NCC2CCCO2)ccc1Cl. The summed E-state index contributed by atoms with van der Waals surface area (Å²) >= 11 is 10.9. The van der Waals surface area contributed by atoms with Crippen LogP contribution in [-0.2, 0) is 4.74 Å². The molecule has 0 aliphatic carbocycles. The number of benzene rings is 1. The van der Waals surface area contributed by atoms with Crippen molar-refractivity contribution < 1.29 is 9.66 Å². The lowest BCUT2D eigenvalue weighted by Gasteiger charge is -2.14. The Kier molecular flexibility index (Phi) is 5.11. The lowest BCUT2D eigenvalue weighted by atomic mass is 10.2. The average Bonchev–Trinajstić information content (AvgIpc) is 2.91. The summed E-state index contributed by atoms with van der Waals surface area (Å²) in [6.07, 6.45) is 2.26. The lowest BCUT2D eigenvalue weighted by molar-refractivity contribution is -0.384. The Labute approximate surface area is 126 Å². The van der Waals surface area contributed by atoms with Gasteiger partial charge in [-0.05, 0) is 37.2 Å². The number of ether oxygens (including phenoxy) is 1. The highest BCUT2D eigenvalue weighted by molar-refractivity contribution is 7.80. The monoisotopic (exact) mass is 315 g/mol. The molecule has 1 atom stereocenters. The number of nitro groups is 1. The Bertz CT molecular complexity index is 521. The van der Waals surface area contributed by atoms with Crippen molar-refractivity contribution in [1.82, 2.24) is 5.32 Å². The fraction of sp³-hybridized carbons (Fsp3) is 0.417. The average molecular weight is 316 g/mol. The van der Waals surface area contributed by atoms with Gasteiger partial charge in [0.05, 0.1) is 11.0 Å². The molecule has 6 nitrogen and oxygen atoms in total. The summed E-state index contributed by atoms with van der Waals surface area (Å²) in [7, 11) is 0. The van der Waals surface area contributed by atoms with Gasteiger partial charge in [-0.2, -0.15) is 0 Å². The number of nitro benzene ring substituents is 1. The van der Waals surface area contributed by atoms with Crippen molar-refractivity contribution in [1.29, 1.82) is 0 Å². The highest BCUT2D eigenvalue weighted by Gasteiger charge is 2.16. The van der Waals surface area contributed by atoms with Gasteiger partial charge in [0.2, 0.25) is 0 Å². The van der Waals surface area contributed by atoms with Crippen LogP contribution in [-0.4, -0.2) is 29.3 Å². The van der Waals surface area contributed by atoms with Crippen LogP contribution in [0.2, 0.25) is 5.02 Å². The molecule has 1 unspecified atom stereocenters. The van der Waals surface area contributed by atoms with Crippen LogP contribution in [0.15, 0.2) is 18.2 Å². The summed E-state index contributed by atoms with van der Waals surface area (Å²) in [5.74, 6) is 0. The predicted octanol–water partition coefficient (Wildman–Crippen LogP) is 2.71. The van der Waals surface area contributed by atoms with Crippen LogP contribution in [0.1, 0.15) is 12.8 Å². The van der Waals surface area contributed by atoms with E-state index in [1.54, 1.807) is 6.07 Å². The Hall–Kier alpha value is -1.44. The maximum absolute atomic E-state index is 10.8. The van der Waals surface area contributed by atoms with E-state index in [9.17, 15) is 10.1 Å². The number of nitrogens with one attached hydrogen (secondary N) is 2. The molecule has 1 heterocycles. The van der Waals surface area contributed by atoms with Gasteiger partial charge in [-0.25, -0.2) is 0 Å². The van der Waals surface area contributed by atoms with Crippen LogP contribution in [0.25, 0.3) is 0 Å². The summed E-state index contributed by atoms with van der Waals surface area (Å²) in [6.45, 7) is 1.41. The molecule has 1 fully saturated rings. The van der Waals surface area contributed by atoms with Crippen LogP contribution in [0.5, 0.6) is 0 Å². The third kappa shape index (κ3) is 4.03.